The molecule has 0 saturated heterocycles. The summed E-state index contributed by atoms with van der Waals surface area (Å²) < 4.78 is 7.22. The Balaban J connectivity index is 1.75. The van der Waals surface area contributed by atoms with Gasteiger partial charge in [-0.3, -0.25) is 19.3 Å². The number of aliphatic imine (C=N–C) groups is 1. The zero-order valence-electron chi connectivity index (χ0n) is 18.7. The zero-order valence-corrected chi connectivity index (χ0v) is 18.7. The van der Waals surface area contributed by atoms with E-state index in [1.165, 1.54) is 12.8 Å². The normalized spacial score (nSPS) is 13.6. The standard InChI is InChI=1S/C26H25N5O2/c1-3-33-24-11-7-18-13-21(17-6-9-22(27)19(12-17)14-28-2)26(32)31(25(18)30-24)20-8-10-23(29-15-20)16-4-5-16/h6-16H,3-5,27H2,1-2H3. The largest absolute Gasteiger partial charge is 0.478 e. The second-order valence-corrected chi connectivity index (χ2v) is 8.14. The Morgan fingerprint density at radius 3 is 2.73 bits per heavy atom. The first-order chi connectivity index (χ1) is 16.1. The highest BCUT2D eigenvalue weighted by Gasteiger charge is 2.25. The summed E-state index contributed by atoms with van der Waals surface area (Å²) in [7, 11) is 1.69. The van der Waals surface area contributed by atoms with Gasteiger partial charge in [-0.05, 0) is 61.7 Å². The van der Waals surface area contributed by atoms with Gasteiger partial charge in [0.05, 0.1) is 18.5 Å². The van der Waals surface area contributed by atoms with Gasteiger partial charge in [0.2, 0.25) is 5.88 Å². The average Bonchev–Trinajstić information content (AvgIpc) is 3.67. The number of ether oxygens (including phenoxy) is 1. The van der Waals surface area contributed by atoms with Gasteiger partial charge in [0.15, 0.2) is 5.65 Å². The van der Waals surface area contributed by atoms with Crippen LogP contribution < -0.4 is 16.0 Å². The minimum Gasteiger partial charge on any atom is -0.478 e. The van der Waals surface area contributed by atoms with E-state index in [0.29, 0.717) is 41.0 Å². The van der Waals surface area contributed by atoms with Crippen LogP contribution in [-0.2, 0) is 0 Å². The van der Waals surface area contributed by atoms with Crippen LogP contribution in [0.15, 0.2) is 64.5 Å². The molecular weight excluding hydrogens is 414 g/mol. The minimum atomic E-state index is -0.186. The number of rotatable bonds is 6. The third kappa shape index (κ3) is 3.98. The predicted octanol–water partition coefficient (Wildman–Crippen LogP) is 4.35. The van der Waals surface area contributed by atoms with Gasteiger partial charge in [-0.15, -0.1) is 0 Å². The van der Waals surface area contributed by atoms with Crippen molar-refractivity contribution in [2.45, 2.75) is 25.7 Å². The molecule has 1 saturated carbocycles. The Bertz CT molecular complexity index is 1420. The van der Waals surface area contributed by atoms with Crippen LogP contribution in [0.2, 0.25) is 0 Å². The monoisotopic (exact) mass is 439 g/mol. The summed E-state index contributed by atoms with van der Waals surface area (Å²) in [5.74, 6) is 1.01. The lowest BCUT2D eigenvalue weighted by atomic mass is 10.0. The molecule has 166 valence electrons. The first-order valence-electron chi connectivity index (χ1n) is 11.1. The van der Waals surface area contributed by atoms with Crippen molar-refractivity contribution in [3.05, 3.63) is 76.3 Å². The van der Waals surface area contributed by atoms with Crippen LogP contribution in [0.3, 0.4) is 0 Å². The maximum atomic E-state index is 13.8. The molecule has 0 atom stereocenters. The summed E-state index contributed by atoms with van der Waals surface area (Å²) in [5.41, 5.74) is 10.8. The van der Waals surface area contributed by atoms with Crippen molar-refractivity contribution in [2.24, 2.45) is 4.99 Å². The van der Waals surface area contributed by atoms with Gasteiger partial charge < -0.3 is 10.5 Å². The lowest BCUT2D eigenvalue weighted by molar-refractivity contribution is 0.328. The Morgan fingerprint density at radius 2 is 2.03 bits per heavy atom. The van der Waals surface area contributed by atoms with Crippen LogP contribution in [0.4, 0.5) is 5.69 Å². The third-order valence-corrected chi connectivity index (χ3v) is 5.81. The summed E-state index contributed by atoms with van der Waals surface area (Å²) in [6.45, 7) is 2.40. The molecule has 0 amide bonds. The fourth-order valence-electron chi connectivity index (χ4n) is 3.99. The third-order valence-electron chi connectivity index (χ3n) is 5.81. The highest BCUT2D eigenvalue weighted by molar-refractivity contribution is 5.90. The smallest absolute Gasteiger partial charge is 0.264 e. The van der Waals surface area contributed by atoms with E-state index >= 15 is 0 Å². The molecule has 33 heavy (non-hydrogen) atoms. The molecule has 1 fully saturated rings. The van der Waals surface area contributed by atoms with Crippen LogP contribution in [0.5, 0.6) is 5.88 Å². The van der Waals surface area contributed by atoms with E-state index in [1.807, 2.05) is 49.4 Å². The van der Waals surface area contributed by atoms with E-state index in [2.05, 4.69) is 15.0 Å². The summed E-state index contributed by atoms with van der Waals surface area (Å²) in [5, 5.41) is 0.821. The Morgan fingerprint density at radius 1 is 1.18 bits per heavy atom. The van der Waals surface area contributed by atoms with E-state index in [9.17, 15) is 4.79 Å². The van der Waals surface area contributed by atoms with Gasteiger partial charge >= 0.3 is 0 Å². The number of nitrogen functional groups attached to an aromatic ring is 1. The van der Waals surface area contributed by atoms with Crippen molar-refractivity contribution in [3.8, 4) is 22.7 Å². The van der Waals surface area contributed by atoms with E-state index in [4.69, 9.17) is 10.5 Å². The topological polar surface area (TPSA) is 95.4 Å². The van der Waals surface area contributed by atoms with Gasteiger partial charge in [0, 0.05) is 53.1 Å². The van der Waals surface area contributed by atoms with Crippen molar-refractivity contribution in [1.29, 1.82) is 0 Å². The Labute approximate surface area is 191 Å². The lowest BCUT2D eigenvalue weighted by Crippen LogP contribution is -2.22. The molecule has 4 aromatic rings. The molecule has 5 rings (SSSR count). The van der Waals surface area contributed by atoms with E-state index in [1.54, 1.807) is 30.1 Å². The molecule has 1 aromatic carbocycles. The fourth-order valence-corrected chi connectivity index (χ4v) is 3.99. The van der Waals surface area contributed by atoms with Crippen LogP contribution in [-0.4, -0.2) is 34.4 Å². The molecule has 7 heteroatoms. The Hall–Kier alpha value is -4.00. The number of hydrogen-bond acceptors (Lipinski definition) is 6. The number of pyridine rings is 3. The predicted molar refractivity (Wildman–Crippen MR) is 132 cm³/mol. The number of nitrogens with two attached hydrogens (primary N) is 1. The van der Waals surface area contributed by atoms with Gasteiger partial charge in [0.1, 0.15) is 0 Å². The second-order valence-electron chi connectivity index (χ2n) is 8.14. The second kappa shape index (κ2) is 8.50. The summed E-state index contributed by atoms with van der Waals surface area (Å²) >= 11 is 0. The number of benzene rings is 1. The lowest BCUT2D eigenvalue weighted by Gasteiger charge is -2.14. The van der Waals surface area contributed by atoms with Crippen molar-refractivity contribution in [1.82, 2.24) is 14.5 Å². The van der Waals surface area contributed by atoms with Crippen molar-refractivity contribution < 1.29 is 4.74 Å². The molecule has 1 aliphatic rings. The number of hydrogen-bond donors (Lipinski definition) is 1. The molecule has 0 unspecified atom stereocenters. The van der Waals surface area contributed by atoms with Crippen molar-refractivity contribution in [3.63, 3.8) is 0 Å². The number of fused-ring (bicyclic) bond motifs is 1. The SMILES string of the molecule is CCOc1ccc2cc(-c3ccc(N)c(C=NC)c3)c(=O)n(-c3ccc(C4CC4)nc3)c2n1. The molecule has 3 aromatic heterocycles. The van der Waals surface area contributed by atoms with E-state index in [-0.39, 0.29) is 5.56 Å². The maximum absolute atomic E-state index is 13.8. The molecule has 2 N–H and O–H groups in total. The summed E-state index contributed by atoms with van der Waals surface area (Å²) in [6.07, 6.45) is 5.79. The van der Waals surface area contributed by atoms with Gasteiger partial charge in [-0.25, -0.2) is 0 Å². The van der Waals surface area contributed by atoms with Gasteiger partial charge in [0.25, 0.3) is 5.56 Å². The Kier molecular flexibility index (Phi) is 5.38. The minimum absolute atomic E-state index is 0.186. The molecular formula is C26H25N5O2. The van der Waals surface area contributed by atoms with E-state index in [0.717, 1.165) is 22.2 Å². The molecule has 7 nitrogen and oxygen atoms in total. The molecule has 0 radical (unpaired) electrons. The van der Waals surface area contributed by atoms with Gasteiger partial charge in [-0.1, -0.05) is 6.07 Å². The first kappa shape index (κ1) is 20.9. The van der Waals surface area contributed by atoms with E-state index < -0.39 is 0 Å². The van der Waals surface area contributed by atoms with Crippen molar-refractivity contribution in [2.75, 3.05) is 19.4 Å². The van der Waals surface area contributed by atoms with Gasteiger partial charge in [-0.2, -0.15) is 4.98 Å². The zero-order chi connectivity index (χ0) is 22.9. The number of nitrogens with zero attached hydrogens (tertiary/aromatic N) is 4. The van der Waals surface area contributed by atoms with Crippen LogP contribution in [0.25, 0.3) is 27.8 Å². The first-order valence-corrected chi connectivity index (χ1v) is 11.1. The van der Waals surface area contributed by atoms with Crippen LogP contribution >= 0.6 is 0 Å². The molecule has 1 aliphatic carbocycles. The molecule has 0 spiro atoms. The highest BCUT2D eigenvalue weighted by Crippen LogP contribution is 2.39. The molecule has 0 aliphatic heterocycles. The fraction of sp³-hybridized carbons (Fsp3) is 0.231. The summed E-state index contributed by atoms with van der Waals surface area (Å²) in [6, 6.07) is 15.1. The summed E-state index contributed by atoms with van der Waals surface area (Å²) in [4.78, 5) is 27.2. The highest BCUT2D eigenvalue weighted by atomic mass is 16.5. The van der Waals surface area contributed by atoms with Crippen LogP contribution in [0, 0.1) is 0 Å². The molecule has 3 heterocycles. The number of aromatic nitrogens is 3. The average molecular weight is 440 g/mol. The van der Waals surface area contributed by atoms with Crippen molar-refractivity contribution >= 4 is 22.9 Å². The van der Waals surface area contributed by atoms with Crippen LogP contribution in [0.1, 0.15) is 36.9 Å². The quantitative estimate of drug-likeness (QED) is 0.356. The number of anilines is 1. The maximum Gasteiger partial charge on any atom is 0.264 e. The molecule has 0 bridgehead atoms.